The number of amides is 3. The zero-order chi connectivity index (χ0) is 29.6. The van der Waals surface area contributed by atoms with Crippen LogP contribution in [0.5, 0.6) is 5.75 Å². The van der Waals surface area contributed by atoms with E-state index in [1.54, 1.807) is 39.0 Å². The Balaban J connectivity index is 1.96. The quantitative estimate of drug-likeness (QED) is 0.388. The highest BCUT2D eigenvalue weighted by molar-refractivity contribution is 5.99. The van der Waals surface area contributed by atoms with Gasteiger partial charge in [-0.05, 0) is 55.7 Å². The highest BCUT2D eigenvalue weighted by atomic mass is 19.1. The lowest BCUT2D eigenvalue weighted by Gasteiger charge is -2.37. The van der Waals surface area contributed by atoms with Crippen LogP contribution in [0.1, 0.15) is 56.8 Å². The molecule has 2 unspecified atom stereocenters. The van der Waals surface area contributed by atoms with Crippen molar-refractivity contribution in [1.29, 1.82) is 0 Å². The van der Waals surface area contributed by atoms with Crippen LogP contribution in [-0.2, 0) is 31.0 Å². The predicted molar refractivity (Wildman–Crippen MR) is 145 cm³/mol. The van der Waals surface area contributed by atoms with Crippen LogP contribution in [-0.4, -0.2) is 67.2 Å². The third-order valence-corrected chi connectivity index (χ3v) is 6.78. The highest BCUT2D eigenvalue weighted by Crippen LogP contribution is 2.35. The largest absolute Gasteiger partial charge is 0.494 e. The van der Waals surface area contributed by atoms with Crippen molar-refractivity contribution in [2.75, 3.05) is 38.7 Å². The van der Waals surface area contributed by atoms with Crippen molar-refractivity contribution < 1.29 is 37.7 Å². The van der Waals surface area contributed by atoms with Gasteiger partial charge in [0.15, 0.2) is 0 Å². The number of carbonyl (C=O) groups is 3. The number of rotatable bonds is 11. The van der Waals surface area contributed by atoms with E-state index in [1.165, 1.54) is 11.9 Å². The number of nitrogens with one attached hydrogen (secondary N) is 2. The summed E-state index contributed by atoms with van der Waals surface area (Å²) in [6.07, 6.45) is -1.79. The van der Waals surface area contributed by atoms with Crippen LogP contribution < -0.4 is 15.4 Å². The van der Waals surface area contributed by atoms with Gasteiger partial charge in [0.05, 0.1) is 19.6 Å². The molecule has 0 fully saturated rings. The number of fused-ring (bicyclic) bond motifs is 1. The fourth-order valence-corrected chi connectivity index (χ4v) is 4.87. The smallest absolute Gasteiger partial charge is 0.252 e. The highest BCUT2D eigenvalue weighted by Gasteiger charge is 2.39. The summed E-state index contributed by atoms with van der Waals surface area (Å²) in [5.74, 6) is -3.19. The monoisotopic (exact) mass is 561 g/mol. The van der Waals surface area contributed by atoms with Gasteiger partial charge in [-0.1, -0.05) is 19.9 Å². The van der Waals surface area contributed by atoms with E-state index in [4.69, 9.17) is 9.47 Å². The summed E-state index contributed by atoms with van der Waals surface area (Å²) >= 11 is 0. The zero-order valence-electron chi connectivity index (χ0n) is 23.5. The Morgan fingerprint density at radius 3 is 2.40 bits per heavy atom. The second-order valence-electron chi connectivity index (χ2n) is 10.2. The van der Waals surface area contributed by atoms with Crippen LogP contribution in [0, 0.1) is 11.6 Å². The SMILES string of the molecule is CCOCC(C)(C)c1c(F)cc(NC(=O)C2c3ccc(OCC)cc3CCN2C(=O)C(O)CC(=O)NC)cc1F. The number of aliphatic hydroxyl groups excluding tert-OH is 1. The second kappa shape index (κ2) is 13.2. The molecule has 3 amide bonds. The molecule has 3 N–H and O–H groups in total. The average molecular weight is 562 g/mol. The van der Waals surface area contributed by atoms with Crippen molar-refractivity contribution in [3.05, 3.63) is 58.7 Å². The van der Waals surface area contributed by atoms with Crippen molar-refractivity contribution in [2.45, 2.75) is 58.1 Å². The molecule has 11 heteroatoms. The van der Waals surface area contributed by atoms with Crippen molar-refractivity contribution in [3.8, 4) is 5.75 Å². The third kappa shape index (κ3) is 6.95. The molecule has 2 atom stereocenters. The number of ether oxygens (including phenoxy) is 2. The molecule has 3 rings (SSSR count). The van der Waals surface area contributed by atoms with Crippen LogP contribution in [0.25, 0.3) is 0 Å². The summed E-state index contributed by atoms with van der Waals surface area (Å²) in [6.45, 7) is 7.94. The van der Waals surface area contributed by atoms with Gasteiger partial charge in [0.2, 0.25) is 5.91 Å². The van der Waals surface area contributed by atoms with E-state index in [0.717, 1.165) is 17.7 Å². The third-order valence-electron chi connectivity index (χ3n) is 6.78. The molecule has 1 aliphatic rings. The van der Waals surface area contributed by atoms with Crippen LogP contribution in [0.3, 0.4) is 0 Å². The number of aliphatic hydroxyl groups is 1. The maximum atomic E-state index is 15.2. The van der Waals surface area contributed by atoms with Gasteiger partial charge in [0.25, 0.3) is 11.8 Å². The summed E-state index contributed by atoms with van der Waals surface area (Å²) in [5, 5.41) is 15.3. The normalized spacial score (nSPS) is 15.7. The van der Waals surface area contributed by atoms with Crippen molar-refractivity contribution in [3.63, 3.8) is 0 Å². The minimum Gasteiger partial charge on any atom is -0.494 e. The maximum absolute atomic E-state index is 15.2. The number of hydrogen-bond acceptors (Lipinski definition) is 6. The van der Waals surface area contributed by atoms with Gasteiger partial charge in [0, 0.05) is 36.9 Å². The Hall–Kier alpha value is -3.57. The first kappa shape index (κ1) is 31.0. The minimum absolute atomic E-state index is 0.0670. The van der Waals surface area contributed by atoms with E-state index in [2.05, 4.69) is 10.6 Å². The van der Waals surface area contributed by atoms with Gasteiger partial charge in [-0.2, -0.15) is 0 Å². The molecule has 0 radical (unpaired) electrons. The first-order chi connectivity index (χ1) is 18.9. The molecule has 0 bridgehead atoms. The minimum atomic E-state index is -1.68. The molecular weight excluding hydrogens is 524 g/mol. The summed E-state index contributed by atoms with van der Waals surface area (Å²) in [5.41, 5.74) is -0.0338. The zero-order valence-corrected chi connectivity index (χ0v) is 23.5. The second-order valence-corrected chi connectivity index (χ2v) is 10.2. The van der Waals surface area contributed by atoms with Gasteiger partial charge in [-0.25, -0.2) is 8.78 Å². The molecule has 0 spiro atoms. The molecule has 9 nitrogen and oxygen atoms in total. The molecule has 2 aromatic carbocycles. The molecule has 218 valence electrons. The van der Waals surface area contributed by atoms with E-state index < -0.39 is 53.3 Å². The van der Waals surface area contributed by atoms with Crippen molar-refractivity contribution in [2.24, 2.45) is 0 Å². The molecular formula is C29H37F2N3O6. The first-order valence-corrected chi connectivity index (χ1v) is 13.3. The lowest BCUT2D eigenvalue weighted by Crippen LogP contribution is -2.49. The molecule has 1 heterocycles. The van der Waals surface area contributed by atoms with E-state index in [9.17, 15) is 19.5 Å². The van der Waals surface area contributed by atoms with Gasteiger partial charge in [-0.3, -0.25) is 14.4 Å². The number of hydrogen-bond donors (Lipinski definition) is 3. The number of benzene rings is 2. The first-order valence-electron chi connectivity index (χ1n) is 13.3. The molecule has 0 saturated carbocycles. The standard InChI is InChI=1S/C29H37F2N3O6/c1-6-39-16-29(3,4)25-21(30)13-18(14-22(25)31)33-27(37)26-20-9-8-19(40-7-2)12-17(20)10-11-34(26)28(38)23(35)15-24(36)32-5/h8-9,12-14,23,26,35H,6-7,10-11,15-16H2,1-5H3,(H,32,36)(H,33,37). The summed E-state index contributed by atoms with van der Waals surface area (Å²) in [6, 6.07) is 5.90. The predicted octanol–water partition coefficient (Wildman–Crippen LogP) is 3.24. The number of anilines is 1. The van der Waals surface area contributed by atoms with E-state index in [-0.39, 0.29) is 24.4 Å². The lowest BCUT2D eigenvalue weighted by atomic mass is 9.84. The Morgan fingerprint density at radius 1 is 1.12 bits per heavy atom. The molecule has 40 heavy (non-hydrogen) atoms. The van der Waals surface area contributed by atoms with E-state index >= 15 is 8.78 Å². The van der Waals surface area contributed by atoms with Gasteiger partial charge in [0.1, 0.15) is 29.5 Å². The molecule has 2 aromatic rings. The number of nitrogens with zero attached hydrogens (tertiary/aromatic N) is 1. The molecule has 0 saturated heterocycles. The Morgan fingerprint density at radius 2 is 1.80 bits per heavy atom. The maximum Gasteiger partial charge on any atom is 0.252 e. The average Bonchev–Trinajstić information content (AvgIpc) is 2.90. The van der Waals surface area contributed by atoms with E-state index in [0.29, 0.717) is 30.9 Å². The Bertz CT molecular complexity index is 1230. The van der Waals surface area contributed by atoms with Gasteiger partial charge < -0.3 is 30.1 Å². The Kier molecular flexibility index (Phi) is 10.2. The van der Waals surface area contributed by atoms with E-state index in [1.807, 2.05) is 6.92 Å². The fraction of sp³-hybridized carbons (Fsp3) is 0.483. The molecule has 0 aliphatic carbocycles. The molecule has 0 aromatic heterocycles. The topological polar surface area (TPSA) is 117 Å². The van der Waals surface area contributed by atoms with Crippen molar-refractivity contribution >= 4 is 23.4 Å². The van der Waals surface area contributed by atoms with Crippen LogP contribution in [0.2, 0.25) is 0 Å². The number of carbonyl (C=O) groups excluding carboxylic acids is 3. The Labute approximate surface area is 232 Å². The summed E-state index contributed by atoms with van der Waals surface area (Å²) in [4.78, 5) is 39.8. The van der Waals surface area contributed by atoms with Crippen LogP contribution >= 0.6 is 0 Å². The fourth-order valence-electron chi connectivity index (χ4n) is 4.87. The van der Waals surface area contributed by atoms with Gasteiger partial charge in [-0.15, -0.1) is 0 Å². The lowest BCUT2D eigenvalue weighted by molar-refractivity contribution is -0.148. The van der Waals surface area contributed by atoms with Gasteiger partial charge >= 0.3 is 0 Å². The summed E-state index contributed by atoms with van der Waals surface area (Å²) in [7, 11) is 1.38. The van der Waals surface area contributed by atoms with Crippen molar-refractivity contribution in [1.82, 2.24) is 10.2 Å². The van der Waals surface area contributed by atoms with Crippen LogP contribution in [0.4, 0.5) is 14.5 Å². The summed E-state index contributed by atoms with van der Waals surface area (Å²) < 4.78 is 41.3. The van der Waals surface area contributed by atoms with Crippen LogP contribution in [0.15, 0.2) is 30.3 Å². The number of halogens is 2. The molecule has 1 aliphatic heterocycles.